The van der Waals surface area contributed by atoms with Crippen molar-refractivity contribution in [3.05, 3.63) is 101 Å². The number of amides is 2. The number of nitrogens with zero attached hydrogens (tertiary/aromatic N) is 2. The Bertz CT molecular complexity index is 1510. The van der Waals surface area contributed by atoms with Crippen LogP contribution in [0.1, 0.15) is 52.4 Å². The van der Waals surface area contributed by atoms with Gasteiger partial charge in [-0.2, -0.15) is 23.0 Å². The molecule has 1 aromatic heterocycles. The van der Waals surface area contributed by atoms with Gasteiger partial charge in [0.25, 0.3) is 5.91 Å². The quantitative estimate of drug-likeness (QED) is 0.261. The Morgan fingerprint density at radius 1 is 0.974 bits per heavy atom. The summed E-state index contributed by atoms with van der Waals surface area (Å²) in [6.07, 6.45) is -1.65. The number of aromatic nitrogens is 2. The first-order valence-corrected chi connectivity index (χ1v) is 12.4. The number of carbonyl (C=O) groups is 2. The molecule has 3 aromatic carbocycles. The van der Waals surface area contributed by atoms with Gasteiger partial charge in [-0.05, 0) is 54.8 Å². The van der Waals surface area contributed by atoms with E-state index in [1.165, 1.54) is 28.9 Å². The molecule has 5 rings (SSSR count). The maximum Gasteiger partial charge on any atom is 0.416 e. The molecule has 0 spiro atoms. The van der Waals surface area contributed by atoms with E-state index in [9.17, 15) is 27.9 Å². The van der Waals surface area contributed by atoms with Crippen LogP contribution in [0.25, 0.3) is 11.3 Å². The van der Waals surface area contributed by atoms with Crippen LogP contribution < -0.4 is 10.6 Å². The number of rotatable bonds is 6. The third kappa shape index (κ3) is 5.79. The Kier molecular flexibility index (Phi) is 7.10. The third-order valence-corrected chi connectivity index (χ3v) is 6.72. The van der Waals surface area contributed by atoms with Gasteiger partial charge in [0, 0.05) is 35.3 Å². The number of hydrogen-bond acceptors (Lipinski definition) is 4. The van der Waals surface area contributed by atoms with Crippen molar-refractivity contribution in [3.63, 3.8) is 0 Å². The third-order valence-electron chi connectivity index (χ3n) is 6.72. The summed E-state index contributed by atoms with van der Waals surface area (Å²) >= 11 is 0. The topological polar surface area (TPSA) is 96.3 Å². The molecule has 0 radical (unpaired) electrons. The van der Waals surface area contributed by atoms with Crippen molar-refractivity contribution in [2.45, 2.75) is 37.9 Å². The Labute approximate surface area is 222 Å². The van der Waals surface area contributed by atoms with E-state index in [4.69, 9.17) is 0 Å². The number of nitrogens with one attached hydrogen (secondary N) is 2. The summed E-state index contributed by atoms with van der Waals surface area (Å²) in [6.45, 7) is 0.338. The van der Waals surface area contributed by atoms with Crippen molar-refractivity contribution < 1.29 is 27.9 Å². The molecule has 7 nitrogen and oxygen atoms in total. The highest BCUT2D eigenvalue weighted by Crippen LogP contribution is 2.39. The van der Waals surface area contributed by atoms with E-state index < -0.39 is 17.6 Å². The maximum atomic E-state index is 13.0. The van der Waals surface area contributed by atoms with E-state index in [-0.39, 0.29) is 28.9 Å². The molecule has 0 bridgehead atoms. The fraction of sp³-hybridized carbons (Fsp3) is 0.207. The van der Waals surface area contributed by atoms with Crippen LogP contribution in [0.15, 0.2) is 78.9 Å². The first-order chi connectivity index (χ1) is 18.7. The van der Waals surface area contributed by atoms with Crippen LogP contribution >= 0.6 is 0 Å². The minimum absolute atomic E-state index is 0.168. The normalized spacial score (nSPS) is 13.5. The molecule has 0 atom stereocenters. The lowest BCUT2D eigenvalue weighted by Crippen LogP contribution is -2.31. The number of anilines is 1. The Morgan fingerprint density at radius 3 is 2.41 bits per heavy atom. The fourth-order valence-corrected chi connectivity index (χ4v) is 4.40. The maximum absolute atomic E-state index is 13.0. The van der Waals surface area contributed by atoms with Gasteiger partial charge in [0.1, 0.15) is 5.75 Å². The Balaban J connectivity index is 1.35. The van der Waals surface area contributed by atoms with E-state index in [0.717, 1.165) is 48.7 Å². The summed E-state index contributed by atoms with van der Waals surface area (Å²) < 4.78 is 40.3. The van der Waals surface area contributed by atoms with Gasteiger partial charge >= 0.3 is 12.2 Å². The van der Waals surface area contributed by atoms with Crippen LogP contribution in [0.2, 0.25) is 0 Å². The number of hydrogen-bond donors (Lipinski definition) is 3. The molecule has 2 amide bonds. The van der Waals surface area contributed by atoms with Crippen molar-refractivity contribution in [2.75, 3.05) is 5.32 Å². The van der Waals surface area contributed by atoms with Gasteiger partial charge in [0.05, 0.1) is 17.0 Å². The second kappa shape index (κ2) is 10.6. The summed E-state index contributed by atoms with van der Waals surface area (Å²) in [4.78, 5) is 25.6. The zero-order chi connectivity index (χ0) is 27.6. The zero-order valence-electron chi connectivity index (χ0n) is 20.7. The first-order valence-electron chi connectivity index (χ1n) is 12.4. The van der Waals surface area contributed by atoms with Crippen LogP contribution in [0.5, 0.6) is 5.75 Å². The monoisotopic (exact) mass is 534 g/mol. The molecule has 0 saturated heterocycles. The van der Waals surface area contributed by atoms with Crippen molar-refractivity contribution in [2.24, 2.45) is 0 Å². The number of aromatic hydroxyl groups is 1. The molecule has 1 heterocycles. The zero-order valence-corrected chi connectivity index (χ0v) is 20.7. The summed E-state index contributed by atoms with van der Waals surface area (Å²) in [6, 6.07) is 19.3. The molecule has 1 fully saturated rings. The molecule has 10 heteroatoms. The number of benzene rings is 3. The molecule has 1 aliphatic carbocycles. The van der Waals surface area contributed by atoms with Gasteiger partial charge in [-0.3, -0.25) is 4.79 Å². The molecular weight excluding hydrogens is 509 g/mol. The number of phenolic OH excluding ortho intramolecular Hbond substituents is 1. The summed E-state index contributed by atoms with van der Waals surface area (Å²) in [5.74, 6) is -0.770. The Hall–Kier alpha value is -4.60. The van der Waals surface area contributed by atoms with Crippen molar-refractivity contribution in [3.8, 4) is 17.0 Å². The fourth-order valence-electron chi connectivity index (χ4n) is 4.40. The van der Waals surface area contributed by atoms with Gasteiger partial charge < -0.3 is 15.7 Å². The van der Waals surface area contributed by atoms with Crippen LogP contribution in [-0.4, -0.2) is 26.8 Å². The van der Waals surface area contributed by atoms with Crippen LogP contribution in [0.3, 0.4) is 0 Å². The molecule has 39 heavy (non-hydrogen) atoms. The summed E-state index contributed by atoms with van der Waals surface area (Å²) in [7, 11) is 0. The van der Waals surface area contributed by atoms with E-state index in [2.05, 4.69) is 15.7 Å². The molecule has 1 saturated carbocycles. The summed E-state index contributed by atoms with van der Waals surface area (Å²) in [5, 5.41) is 20.6. The van der Waals surface area contributed by atoms with Crippen LogP contribution in [-0.2, 0) is 12.7 Å². The molecule has 4 aromatic rings. The number of phenols is 1. The number of carbonyl (C=O) groups excluding carboxylic acids is 2. The first kappa shape index (κ1) is 26.0. The largest absolute Gasteiger partial charge is 0.507 e. The summed E-state index contributed by atoms with van der Waals surface area (Å²) in [5.41, 5.74) is 1.53. The second-order valence-electron chi connectivity index (χ2n) is 9.40. The SMILES string of the molecule is O=C(Nc1ccc(-c2cc(C3CCC3)n(C(=O)NCc3ccccc3)n2)c(O)c1)c1cccc(C(F)(F)F)c1. The highest BCUT2D eigenvalue weighted by molar-refractivity contribution is 6.04. The lowest BCUT2D eigenvalue weighted by molar-refractivity contribution is -0.137. The average molecular weight is 535 g/mol. The molecule has 1 aliphatic rings. The van der Waals surface area contributed by atoms with Crippen molar-refractivity contribution in [1.29, 1.82) is 0 Å². The van der Waals surface area contributed by atoms with Crippen LogP contribution in [0, 0.1) is 0 Å². The van der Waals surface area contributed by atoms with Gasteiger partial charge in [0.2, 0.25) is 0 Å². The van der Waals surface area contributed by atoms with E-state index in [0.29, 0.717) is 17.8 Å². The van der Waals surface area contributed by atoms with Gasteiger partial charge in [-0.25, -0.2) is 4.79 Å². The molecule has 200 valence electrons. The average Bonchev–Trinajstić information content (AvgIpc) is 3.31. The molecule has 0 aliphatic heterocycles. The van der Waals surface area contributed by atoms with Gasteiger partial charge in [-0.1, -0.05) is 42.8 Å². The second-order valence-corrected chi connectivity index (χ2v) is 9.40. The highest BCUT2D eigenvalue weighted by atomic mass is 19.4. The smallest absolute Gasteiger partial charge is 0.416 e. The number of alkyl halides is 3. The Morgan fingerprint density at radius 2 is 1.74 bits per heavy atom. The standard InChI is InChI=1S/C29H25F3N4O3/c30-29(31,32)21-11-5-10-20(14-21)27(38)34-22-12-13-23(26(37)15-22)24-16-25(19-8-4-9-19)36(35-24)28(39)33-17-18-6-2-1-3-7-18/h1-3,5-7,10-16,19,37H,4,8-9,17H2,(H,33,39)(H,34,38). The van der Waals surface area contributed by atoms with Gasteiger partial charge in [0.15, 0.2) is 0 Å². The molecule has 0 unspecified atom stereocenters. The van der Waals surface area contributed by atoms with E-state index in [1.54, 1.807) is 6.07 Å². The lowest BCUT2D eigenvalue weighted by atomic mass is 9.82. The minimum Gasteiger partial charge on any atom is -0.507 e. The van der Waals surface area contributed by atoms with Crippen molar-refractivity contribution in [1.82, 2.24) is 15.1 Å². The van der Waals surface area contributed by atoms with Gasteiger partial charge in [-0.15, -0.1) is 0 Å². The lowest BCUT2D eigenvalue weighted by Gasteiger charge is -2.25. The van der Waals surface area contributed by atoms with Crippen LogP contribution in [0.4, 0.5) is 23.7 Å². The van der Waals surface area contributed by atoms with E-state index in [1.807, 2.05) is 30.3 Å². The predicted molar refractivity (Wildman–Crippen MR) is 139 cm³/mol. The molecule has 3 N–H and O–H groups in total. The molecular formula is C29H25F3N4O3. The van der Waals surface area contributed by atoms with E-state index >= 15 is 0 Å². The highest BCUT2D eigenvalue weighted by Gasteiger charge is 2.31. The minimum atomic E-state index is -4.57. The van der Waals surface area contributed by atoms with Crippen molar-refractivity contribution >= 4 is 17.6 Å². The predicted octanol–water partition coefficient (Wildman–Crippen LogP) is 6.55. The number of halogens is 3.